The summed E-state index contributed by atoms with van der Waals surface area (Å²) < 4.78 is 7.32. The third-order valence-electron chi connectivity index (χ3n) is 4.97. The summed E-state index contributed by atoms with van der Waals surface area (Å²) >= 11 is 0. The average Bonchev–Trinajstić information content (AvgIpc) is 3.34. The highest BCUT2D eigenvalue weighted by Gasteiger charge is 2.20. The molecule has 0 unspecified atom stereocenters. The lowest BCUT2D eigenvalue weighted by Gasteiger charge is -2.12. The highest BCUT2D eigenvalue weighted by molar-refractivity contribution is 6.02. The first-order valence-electron chi connectivity index (χ1n) is 10.0. The Morgan fingerprint density at radius 1 is 1.16 bits per heavy atom. The number of fused-ring (bicyclic) bond motifs is 1. The number of nitrogens with two attached hydrogens (primary N) is 1. The van der Waals surface area contributed by atoms with Gasteiger partial charge in [0.25, 0.3) is 0 Å². The Bertz CT molecular complexity index is 1230. The van der Waals surface area contributed by atoms with Gasteiger partial charge in [-0.05, 0) is 24.6 Å². The third-order valence-corrected chi connectivity index (χ3v) is 4.97. The number of nitrogens with zero attached hydrogens (tertiary/aromatic N) is 4. The molecule has 9 nitrogen and oxygen atoms in total. The van der Waals surface area contributed by atoms with Gasteiger partial charge in [-0.2, -0.15) is 0 Å². The van der Waals surface area contributed by atoms with Gasteiger partial charge in [-0.3, -0.25) is 5.32 Å². The molecule has 160 valence electrons. The number of nitrogens with one attached hydrogen (secondary N) is 2. The predicted molar refractivity (Wildman–Crippen MR) is 121 cm³/mol. The first-order valence-corrected chi connectivity index (χ1v) is 10.0. The van der Waals surface area contributed by atoms with Gasteiger partial charge in [0.2, 0.25) is 0 Å². The van der Waals surface area contributed by atoms with E-state index in [4.69, 9.17) is 10.3 Å². The molecule has 0 saturated heterocycles. The molecular weight excluding hydrogens is 394 g/mol. The van der Waals surface area contributed by atoms with Gasteiger partial charge < -0.3 is 20.1 Å². The average molecular weight is 419 g/mol. The van der Waals surface area contributed by atoms with Gasteiger partial charge in [0.15, 0.2) is 5.82 Å². The number of hydrogen-bond acceptors (Lipinski definition) is 6. The fraction of sp³-hybridized carbons (Fsp3) is 0.273. The quantitative estimate of drug-likeness (QED) is 0.443. The van der Waals surface area contributed by atoms with E-state index in [2.05, 4.69) is 25.8 Å². The van der Waals surface area contributed by atoms with Gasteiger partial charge >= 0.3 is 6.03 Å². The summed E-state index contributed by atoms with van der Waals surface area (Å²) in [5, 5.41) is 10.2. The minimum absolute atomic E-state index is 0.186. The molecule has 1 aromatic carbocycles. The lowest BCUT2D eigenvalue weighted by Crippen LogP contribution is -2.19. The number of anilines is 3. The van der Waals surface area contributed by atoms with Crippen LogP contribution in [0.4, 0.5) is 22.1 Å². The number of aryl methyl sites for hydroxylation is 1. The third kappa shape index (κ3) is 4.07. The van der Waals surface area contributed by atoms with Gasteiger partial charge in [-0.15, -0.1) is 0 Å². The maximum Gasteiger partial charge on any atom is 0.324 e. The van der Waals surface area contributed by atoms with Crippen molar-refractivity contribution in [1.29, 1.82) is 0 Å². The number of carbonyl (C=O) groups excluding carboxylic acids is 1. The van der Waals surface area contributed by atoms with E-state index in [1.54, 1.807) is 6.07 Å². The molecule has 0 spiro atoms. The predicted octanol–water partition coefficient (Wildman–Crippen LogP) is 4.63. The summed E-state index contributed by atoms with van der Waals surface area (Å²) in [6, 6.07) is 8.82. The second-order valence-corrected chi connectivity index (χ2v) is 8.27. The van der Waals surface area contributed by atoms with Crippen molar-refractivity contribution in [2.24, 2.45) is 0 Å². The number of aromatic nitrogens is 4. The molecule has 9 heteroatoms. The Kier molecular flexibility index (Phi) is 5.10. The fourth-order valence-corrected chi connectivity index (χ4v) is 3.31. The number of urea groups is 1. The molecule has 0 radical (unpaired) electrons. The Labute approximate surface area is 179 Å². The molecule has 2 amide bonds. The van der Waals surface area contributed by atoms with Crippen molar-refractivity contribution in [3.8, 4) is 11.1 Å². The van der Waals surface area contributed by atoms with E-state index in [0.717, 1.165) is 28.7 Å². The molecule has 4 aromatic rings. The Hall–Kier alpha value is -3.88. The van der Waals surface area contributed by atoms with Gasteiger partial charge in [0.1, 0.15) is 23.6 Å². The molecule has 0 saturated carbocycles. The molecule has 0 aliphatic rings. The van der Waals surface area contributed by atoms with Crippen molar-refractivity contribution in [1.82, 2.24) is 19.7 Å². The topological polar surface area (TPSA) is 124 Å². The maximum atomic E-state index is 12.3. The molecule has 31 heavy (non-hydrogen) atoms. The smallest absolute Gasteiger partial charge is 0.324 e. The van der Waals surface area contributed by atoms with Crippen LogP contribution < -0.4 is 16.4 Å². The van der Waals surface area contributed by atoms with E-state index >= 15 is 0 Å². The van der Waals surface area contributed by atoms with Crippen LogP contribution in [0.15, 0.2) is 47.4 Å². The van der Waals surface area contributed by atoms with Crippen LogP contribution in [0, 0.1) is 0 Å². The van der Waals surface area contributed by atoms with Crippen molar-refractivity contribution in [2.75, 3.05) is 16.4 Å². The number of hydrogen-bond donors (Lipinski definition) is 3. The van der Waals surface area contributed by atoms with Crippen LogP contribution in [0.2, 0.25) is 0 Å². The van der Waals surface area contributed by atoms with Crippen molar-refractivity contribution in [2.45, 2.75) is 39.7 Å². The van der Waals surface area contributed by atoms with Gasteiger partial charge in [0, 0.05) is 35.5 Å². The zero-order valence-electron chi connectivity index (χ0n) is 17.9. The van der Waals surface area contributed by atoms with Crippen LogP contribution in [0.1, 0.15) is 33.5 Å². The lowest BCUT2D eigenvalue weighted by molar-refractivity contribution is 0.262. The molecule has 0 aliphatic heterocycles. The minimum Gasteiger partial charge on any atom is -0.383 e. The summed E-state index contributed by atoms with van der Waals surface area (Å²) in [7, 11) is 0. The van der Waals surface area contributed by atoms with Crippen LogP contribution in [0.5, 0.6) is 0 Å². The molecule has 4 rings (SSSR count). The van der Waals surface area contributed by atoms with Crippen LogP contribution in [-0.4, -0.2) is 25.7 Å². The number of amides is 2. The van der Waals surface area contributed by atoms with E-state index < -0.39 is 6.03 Å². The monoisotopic (exact) mass is 419 g/mol. The molecule has 0 fully saturated rings. The first kappa shape index (κ1) is 20.4. The van der Waals surface area contributed by atoms with Crippen LogP contribution >= 0.6 is 0 Å². The molecule has 3 aromatic heterocycles. The summed E-state index contributed by atoms with van der Waals surface area (Å²) in [4.78, 5) is 20.8. The first-order chi connectivity index (χ1) is 14.8. The summed E-state index contributed by atoms with van der Waals surface area (Å²) in [5.74, 6) is 1.50. The second-order valence-electron chi connectivity index (χ2n) is 8.27. The molecule has 0 bridgehead atoms. The fourth-order valence-electron chi connectivity index (χ4n) is 3.31. The standard InChI is InChI=1S/C22H25N7O2/c1-5-29-11-15(18-19(23)24-12-25-20(18)29)13-6-8-14(9-7-13)26-21(30)27-17-10-16(31-28-17)22(2,3)4/h6-12H,5H2,1-4H3,(H2,23,24,25)(H2,26,27,28,30). The van der Waals surface area contributed by atoms with Crippen molar-refractivity contribution >= 4 is 34.4 Å². The van der Waals surface area contributed by atoms with E-state index in [1.807, 2.05) is 62.7 Å². The zero-order valence-corrected chi connectivity index (χ0v) is 17.9. The Morgan fingerprint density at radius 2 is 1.90 bits per heavy atom. The van der Waals surface area contributed by atoms with E-state index in [-0.39, 0.29) is 5.41 Å². The summed E-state index contributed by atoms with van der Waals surface area (Å²) in [6.07, 6.45) is 3.49. The SMILES string of the molecule is CCn1cc(-c2ccc(NC(=O)Nc3cc(C(C)(C)C)on3)cc2)c2c(N)ncnc21. The van der Waals surface area contributed by atoms with Crippen molar-refractivity contribution in [3.63, 3.8) is 0 Å². The lowest BCUT2D eigenvalue weighted by atomic mass is 9.93. The van der Waals surface area contributed by atoms with Crippen molar-refractivity contribution < 1.29 is 9.32 Å². The second kappa shape index (κ2) is 7.75. The minimum atomic E-state index is -0.401. The van der Waals surface area contributed by atoms with E-state index in [1.165, 1.54) is 6.33 Å². The summed E-state index contributed by atoms with van der Waals surface area (Å²) in [6.45, 7) is 8.85. The van der Waals surface area contributed by atoms with Crippen LogP contribution in [0.3, 0.4) is 0 Å². The van der Waals surface area contributed by atoms with Gasteiger partial charge in [-0.1, -0.05) is 38.1 Å². The van der Waals surface area contributed by atoms with Gasteiger partial charge in [-0.25, -0.2) is 14.8 Å². The molecule has 0 aliphatic carbocycles. The van der Waals surface area contributed by atoms with Crippen LogP contribution in [-0.2, 0) is 12.0 Å². The number of benzene rings is 1. The number of nitrogen functional groups attached to an aromatic ring is 1. The zero-order chi connectivity index (χ0) is 22.2. The van der Waals surface area contributed by atoms with Gasteiger partial charge in [0.05, 0.1) is 5.39 Å². The normalized spacial score (nSPS) is 11.6. The molecule has 0 atom stereocenters. The molecule has 4 N–H and O–H groups in total. The number of carbonyl (C=O) groups is 1. The van der Waals surface area contributed by atoms with Crippen LogP contribution in [0.25, 0.3) is 22.2 Å². The molecular formula is C22H25N7O2. The largest absolute Gasteiger partial charge is 0.383 e. The molecule has 3 heterocycles. The highest BCUT2D eigenvalue weighted by atomic mass is 16.5. The highest BCUT2D eigenvalue weighted by Crippen LogP contribution is 2.33. The number of rotatable bonds is 4. The van der Waals surface area contributed by atoms with Crippen molar-refractivity contribution in [3.05, 3.63) is 48.6 Å². The Morgan fingerprint density at radius 3 is 2.55 bits per heavy atom. The van der Waals surface area contributed by atoms with E-state index in [9.17, 15) is 4.79 Å². The summed E-state index contributed by atoms with van der Waals surface area (Å²) in [5.41, 5.74) is 9.28. The Balaban J connectivity index is 1.51. The van der Waals surface area contributed by atoms with E-state index in [0.29, 0.717) is 23.1 Å². The maximum absolute atomic E-state index is 12.3.